The van der Waals surface area contributed by atoms with Crippen molar-refractivity contribution in [2.75, 3.05) is 6.54 Å². The summed E-state index contributed by atoms with van der Waals surface area (Å²) in [5.41, 5.74) is 5.70. The van der Waals surface area contributed by atoms with Crippen LogP contribution < -0.4 is 16.4 Å². The number of alkyl carbamates (subject to hydrolysis) is 2. The van der Waals surface area contributed by atoms with Gasteiger partial charge in [0.25, 0.3) is 0 Å². The van der Waals surface area contributed by atoms with Crippen molar-refractivity contribution >= 4 is 24.0 Å². The van der Waals surface area contributed by atoms with Gasteiger partial charge in [-0.3, -0.25) is 9.59 Å². The maximum atomic E-state index is 13.5. The normalized spacial score (nSPS) is 22.9. The topological polar surface area (TPSA) is 140 Å². The van der Waals surface area contributed by atoms with Crippen molar-refractivity contribution in [3.63, 3.8) is 0 Å². The van der Waals surface area contributed by atoms with E-state index in [0.29, 0.717) is 45.1 Å². The number of rotatable bonds is 7. The van der Waals surface area contributed by atoms with Gasteiger partial charge >= 0.3 is 12.2 Å². The summed E-state index contributed by atoms with van der Waals surface area (Å²) in [5, 5.41) is 5.65. The summed E-state index contributed by atoms with van der Waals surface area (Å²) in [6.45, 7) is 5.86. The lowest BCUT2D eigenvalue weighted by atomic mass is 9.81. The van der Waals surface area contributed by atoms with E-state index in [1.165, 1.54) is 4.90 Å². The molecule has 10 heteroatoms. The Hall–Kier alpha value is -3.30. The van der Waals surface area contributed by atoms with E-state index < -0.39 is 35.8 Å². The van der Waals surface area contributed by atoms with E-state index >= 15 is 0 Å². The first kappa shape index (κ1) is 27.3. The molecule has 0 radical (unpaired) electrons. The Kier molecular flexibility index (Phi) is 9.17. The van der Waals surface area contributed by atoms with E-state index in [1.807, 2.05) is 30.3 Å². The highest BCUT2D eigenvalue weighted by molar-refractivity contribution is 5.91. The van der Waals surface area contributed by atoms with Crippen LogP contribution in [0.15, 0.2) is 30.3 Å². The Balaban J connectivity index is 1.59. The van der Waals surface area contributed by atoms with Crippen molar-refractivity contribution in [2.45, 2.75) is 89.6 Å². The molecule has 0 unspecified atom stereocenters. The van der Waals surface area contributed by atoms with Crippen LogP contribution in [-0.4, -0.2) is 59.2 Å². The van der Waals surface area contributed by atoms with Crippen LogP contribution >= 0.6 is 0 Å². The molecule has 0 aromatic heterocycles. The SMILES string of the molecule is CC(C)(C)OC(=O)N[C@H](C(=O)N1CCC[C@H]1C(N)=O)C1CCC(NC(=O)OCc2ccccc2)CC1. The van der Waals surface area contributed by atoms with Crippen LogP contribution in [-0.2, 0) is 25.7 Å². The summed E-state index contributed by atoms with van der Waals surface area (Å²) in [6, 6.07) is 7.83. The van der Waals surface area contributed by atoms with Crippen LogP contribution in [0.25, 0.3) is 0 Å². The van der Waals surface area contributed by atoms with Gasteiger partial charge in [0.1, 0.15) is 24.3 Å². The molecule has 1 saturated carbocycles. The number of nitrogens with zero attached hydrogens (tertiary/aromatic N) is 1. The van der Waals surface area contributed by atoms with Crippen LogP contribution in [0.3, 0.4) is 0 Å². The van der Waals surface area contributed by atoms with Crippen molar-refractivity contribution in [1.29, 1.82) is 0 Å². The molecule has 2 atom stereocenters. The summed E-state index contributed by atoms with van der Waals surface area (Å²) in [4.78, 5) is 51.7. The standard InChI is InChI=1S/C26H38N4O6/c1-26(2,3)36-25(34)29-21(23(32)30-15-7-10-20(30)22(27)31)18-11-13-19(14-12-18)28-24(33)35-16-17-8-5-4-6-9-17/h4-6,8-9,18-21H,7,10-16H2,1-3H3,(H2,27,31)(H,28,33)(H,29,34)/t18?,19?,20-,21-/m0/s1. The summed E-state index contributed by atoms with van der Waals surface area (Å²) < 4.78 is 10.7. The number of hydrogen-bond acceptors (Lipinski definition) is 6. The molecule has 198 valence electrons. The maximum absolute atomic E-state index is 13.5. The van der Waals surface area contributed by atoms with Gasteiger partial charge in [-0.1, -0.05) is 30.3 Å². The maximum Gasteiger partial charge on any atom is 0.408 e. The Bertz CT molecular complexity index is 924. The highest BCUT2D eigenvalue weighted by atomic mass is 16.6. The number of benzene rings is 1. The first-order valence-corrected chi connectivity index (χ1v) is 12.6. The molecule has 36 heavy (non-hydrogen) atoms. The molecule has 4 amide bonds. The minimum absolute atomic E-state index is 0.0908. The smallest absolute Gasteiger partial charge is 0.408 e. The molecule has 1 aromatic rings. The summed E-state index contributed by atoms with van der Waals surface area (Å²) in [6.07, 6.45) is 2.50. The molecule has 10 nitrogen and oxygen atoms in total. The van der Waals surface area contributed by atoms with Gasteiger partial charge in [0.05, 0.1) is 0 Å². The zero-order chi connectivity index (χ0) is 26.3. The number of nitrogens with one attached hydrogen (secondary N) is 2. The van der Waals surface area contributed by atoms with Gasteiger partial charge in [-0.05, 0) is 70.8 Å². The van der Waals surface area contributed by atoms with Crippen LogP contribution in [0.4, 0.5) is 9.59 Å². The van der Waals surface area contributed by atoms with Crippen molar-refractivity contribution in [2.24, 2.45) is 11.7 Å². The number of carbonyl (C=O) groups excluding carboxylic acids is 4. The molecular formula is C26H38N4O6. The molecule has 1 aliphatic heterocycles. The Labute approximate surface area is 212 Å². The van der Waals surface area contributed by atoms with Crippen molar-refractivity contribution in [1.82, 2.24) is 15.5 Å². The second-order valence-electron chi connectivity index (χ2n) is 10.5. The molecule has 2 aliphatic rings. The molecule has 2 fully saturated rings. The van der Waals surface area contributed by atoms with E-state index in [-0.39, 0.29) is 24.5 Å². The average Bonchev–Trinajstić information content (AvgIpc) is 3.31. The predicted octanol–water partition coefficient (Wildman–Crippen LogP) is 2.84. The van der Waals surface area contributed by atoms with Gasteiger partial charge in [0.2, 0.25) is 11.8 Å². The molecule has 3 rings (SSSR count). The third-order valence-electron chi connectivity index (χ3n) is 6.58. The lowest BCUT2D eigenvalue weighted by molar-refractivity contribution is -0.140. The summed E-state index contributed by atoms with van der Waals surface area (Å²) >= 11 is 0. The molecule has 1 aliphatic carbocycles. The van der Waals surface area contributed by atoms with Crippen LogP contribution in [0.5, 0.6) is 0 Å². The van der Waals surface area contributed by atoms with Crippen molar-refractivity contribution in [3.05, 3.63) is 35.9 Å². The number of ether oxygens (including phenoxy) is 2. The minimum Gasteiger partial charge on any atom is -0.445 e. The van der Waals surface area contributed by atoms with Crippen LogP contribution in [0, 0.1) is 5.92 Å². The molecule has 0 bridgehead atoms. The van der Waals surface area contributed by atoms with E-state index in [1.54, 1.807) is 20.8 Å². The predicted molar refractivity (Wildman–Crippen MR) is 133 cm³/mol. The number of hydrogen-bond donors (Lipinski definition) is 3. The van der Waals surface area contributed by atoms with Gasteiger partial charge in [-0.2, -0.15) is 0 Å². The third-order valence-corrected chi connectivity index (χ3v) is 6.58. The zero-order valence-corrected chi connectivity index (χ0v) is 21.3. The summed E-state index contributed by atoms with van der Waals surface area (Å²) in [5.74, 6) is -1.03. The van der Waals surface area contributed by atoms with E-state index in [9.17, 15) is 19.2 Å². The second kappa shape index (κ2) is 12.1. The largest absolute Gasteiger partial charge is 0.445 e. The number of nitrogens with two attached hydrogens (primary N) is 1. The van der Waals surface area contributed by atoms with E-state index in [0.717, 1.165) is 5.56 Å². The quantitative estimate of drug-likeness (QED) is 0.524. The number of likely N-dealkylation sites (tertiary alicyclic amines) is 1. The monoisotopic (exact) mass is 502 g/mol. The Morgan fingerprint density at radius 3 is 2.31 bits per heavy atom. The molecular weight excluding hydrogens is 464 g/mol. The lowest BCUT2D eigenvalue weighted by Gasteiger charge is -2.36. The molecule has 1 heterocycles. The van der Waals surface area contributed by atoms with Gasteiger partial charge < -0.3 is 30.7 Å². The van der Waals surface area contributed by atoms with Gasteiger partial charge in [-0.15, -0.1) is 0 Å². The summed E-state index contributed by atoms with van der Waals surface area (Å²) in [7, 11) is 0. The average molecular weight is 503 g/mol. The lowest BCUT2D eigenvalue weighted by Crippen LogP contribution is -2.56. The molecule has 1 aromatic carbocycles. The number of primary amides is 1. The van der Waals surface area contributed by atoms with E-state index in [4.69, 9.17) is 15.2 Å². The fraction of sp³-hybridized carbons (Fsp3) is 0.615. The van der Waals surface area contributed by atoms with Gasteiger partial charge in [0, 0.05) is 12.6 Å². The second-order valence-corrected chi connectivity index (χ2v) is 10.5. The zero-order valence-electron chi connectivity index (χ0n) is 21.3. The molecule has 1 saturated heterocycles. The fourth-order valence-electron chi connectivity index (χ4n) is 4.85. The van der Waals surface area contributed by atoms with E-state index in [2.05, 4.69) is 10.6 Å². The minimum atomic E-state index is -0.842. The molecule has 4 N–H and O–H groups in total. The fourth-order valence-corrected chi connectivity index (χ4v) is 4.85. The third kappa shape index (κ3) is 7.86. The van der Waals surface area contributed by atoms with Crippen LogP contribution in [0.1, 0.15) is 64.9 Å². The number of carbonyl (C=O) groups is 4. The first-order chi connectivity index (χ1) is 17.0. The highest BCUT2D eigenvalue weighted by Crippen LogP contribution is 2.30. The van der Waals surface area contributed by atoms with Crippen LogP contribution in [0.2, 0.25) is 0 Å². The van der Waals surface area contributed by atoms with Gasteiger partial charge in [-0.25, -0.2) is 9.59 Å². The van der Waals surface area contributed by atoms with Gasteiger partial charge in [0.15, 0.2) is 0 Å². The Morgan fingerprint density at radius 1 is 1.03 bits per heavy atom. The van der Waals surface area contributed by atoms with Crippen molar-refractivity contribution in [3.8, 4) is 0 Å². The first-order valence-electron chi connectivity index (χ1n) is 12.6. The number of amides is 4. The highest BCUT2D eigenvalue weighted by Gasteiger charge is 2.41. The molecule has 0 spiro atoms. The van der Waals surface area contributed by atoms with Crippen molar-refractivity contribution < 1.29 is 28.7 Å². The Morgan fingerprint density at radius 2 is 1.69 bits per heavy atom.